The molecule has 0 fully saturated rings. The predicted octanol–water partition coefficient (Wildman–Crippen LogP) is 3.44. The molecule has 21 heavy (non-hydrogen) atoms. The van der Waals surface area contributed by atoms with Gasteiger partial charge in [-0.1, -0.05) is 59.8 Å². The summed E-state index contributed by atoms with van der Waals surface area (Å²) in [5.74, 6) is 5.91. The summed E-state index contributed by atoms with van der Waals surface area (Å²) in [6, 6.07) is 17.3. The van der Waals surface area contributed by atoms with E-state index < -0.39 is 0 Å². The minimum absolute atomic E-state index is 0.0164. The van der Waals surface area contributed by atoms with Crippen LogP contribution in [0, 0.1) is 11.8 Å². The van der Waals surface area contributed by atoms with Gasteiger partial charge in [-0.25, -0.2) is 0 Å². The lowest BCUT2D eigenvalue weighted by Gasteiger charge is -2.03. The SMILES string of the molecule is O=C(CCc1ccccc1Cl)NCC#Cc1ccccc1. The van der Waals surface area contributed by atoms with Crippen LogP contribution in [0.25, 0.3) is 0 Å². The van der Waals surface area contributed by atoms with E-state index in [2.05, 4.69) is 17.2 Å². The van der Waals surface area contributed by atoms with E-state index in [0.717, 1.165) is 11.1 Å². The lowest BCUT2D eigenvalue weighted by atomic mass is 10.1. The summed E-state index contributed by atoms with van der Waals surface area (Å²) < 4.78 is 0. The Morgan fingerprint density at radius 2 is 1.76 bits per heavy atom. The van der Waals surface area contributed by atoms with Gasteiger partial charge in [-0.2, -0.15) is 0 Å². The minimum Gasteiger partial charge on any atom is -0.345 e. The van der Waals surface area contributed by atoms with Crippen molar-refractivity contribution >= 4 is 17.5 Å². The third-order valence-corrected chi connectivity index (χ3v) is 3.33. The minimum atomic E-state index is -0.0164. The Morgan fingerprint density at radius 1 is 1.05 bits per heavy atom. The summed E-state index contributed by atoms with van der Waals surface area (Å²) >= 11 is 6.05. The number of hydrogen-bond donors (Lipinski definition) is 1. The molecule has 0 aliphatic rings. The Hall–Kier alpha value is -2.24. The Labute approximate surface area is 130 Å². The van der Waals surface area contributed by atoms with Crippen molar-refractivity contribution in [3.8, 4) is 11.8 Å². The average molecular weight is 298 g/mol. The quantitative estimate of drug-likeness (QED) is 0.861. The molecule has 0 unspecified atom stereocenters. The summed E-state index contributed by atoms with van der Waals surface area (Å²) in [6.07, 6.45) is 1.05. The smallest absolute Gasteiger partial charge is 0.221 e. The van der Waals surface area contributed by atoms with E-state index in [0.29, 0.717) is 24.4 Å². The maximum absolute atomic E-state index is 11.7. The first-order valence-corrected chi connectivity index (χ1v) is 7.17. The van der Waals surface area contributed by atoms with Crippen LogP contribution in [0.2, 0.25) is 5.02 Å². The molecular weight excluding hydrogens is 282 g/mol. The Morgan fingerprint density at radius 3 is 2.52 bits per heavy atom. The van der Waals surface area contributed by atoms with Gasteiger partial charge in [0.15, 0.2) is 0 Å². The van der Waals surface area contributed by atoms with Crippen LogP contribution in [0.1, 0.15) is 17.5 Å². The molecule has 0 spiro atoms. The molecule has 1 N–H and O–H groups in total. The molecule has 0 radical (unpaired) electrons. The number of aryl methyl sites for hydroxylation is 1. The fraction of sp³-hybridized carbons (Fsp3) is 0.167. The molecular formula is C18H16ClNO. The topological polar surface area (TPSA) is 29.1 Å². The largest absolute Gasteiger partial charge is 0.345 e. The van der Waals surface area contributed by atoms with Gasteiger partial charge in [0.1, 0.15) is 0 Å². The molecule has 2 aromatic carbocycles. The highest BCUT2D eigenvalue weighted by molar-refractivity contribution is 6.31. The van der Waals surface area contributed by atoms with Crippen LogP contribution in [-0.2, 0) is 11.2 Å². The van der Waals surface area contributed by atoms with Gasteiger partial charge in [-0.3, -0.25) is 4.79 Å². The van der Waals surface area contributed by atoms with Crippen LogP contribution in [0.3, 0.4) is 0 Å². The highest BCUT2D eigenvalue weighted by Gasteiger charge is 2.03. The van der Waals surface area contributed by atoms with E-state index in [1.165, 1.54) is 0 Å². The second kappa shape index (κ2) is 8.14. The van der Waals surface area contributed by atoms with Crippen molar-refractivity contribution in [3.05, 3.63) is 70.7 Å². The number of halogens is 1. The van der Waals surface area contributed by atoms with Gasteiger partial charge in [0.2, 0.25) is 5.91 Å². The number of carbonyl (C=O) groups is 1. The van der Waals surface area contributed by atoms with Gasteiger partial charge >= 0.3 is 0 Å². The highest BCUT2D eigenvalue weighted by atomic mass is 35.5. The number of rotatable bonds is 4. The zero-order valence-corrected chi connectivity index (χ0v) is 12.4. The predicted molar refractivity (Wildman–Crippen MR) is 86.1 cm³/mol. The summed E-state index contributed by atoms with van der Waals surface area (Å²) in [6.45, 7) is 0.357. The van der Waals surface area contributed by atoms with E-state index >= 15 is 0 Å². The molecule has 106 valence electrons. The van der Waals surface area contributed by atoms with Crippen LogP contribution in [0.5, 0.6) is 0 Å². The molecule has 0 saturated carbocycles. The summed E-state index contributed by atoms with van der Waals surface area (Å²) in [5.41, 5.74) is 1.94. The number of nitrogens with one attached hydrogen (secondary N) is 1. The number of carbonyl (C=O) groups excluding carboxylic acids is 1. The monoisotopic (exact) mass is 297 g/mol. The summed E-state index contributed by atoms with van der Waals surface area (Å²) in [4.78, 5) is 11.7. The second-order valence-corrected chi connectivity index (χ2v) is 4.94. The third kappa shape index (κ3) is 5.33. The first-order chi connectivity index (χ1) is 10.3. The van der Waals surface area contributed by atoms with E-state index in [4.69, 9.17) is 11.6 Å². The molecule has 2 aromatic rings. The zero-order valence-electron chi connectivity index (χ0n) is 11.6. The van der Waals surface area contributed by atoms with Crippen LogP contribution < -0.4 is 5.32 Å². The van der Waals surface area contributed by atoms with Gasteiger partial charge in [-0.15, -0.1) is 0 Å². The normalized spacial score (nSPS) is 9.57. The molecule has 0 atom stereocenters. The molecule has 0 aliphatic carbocycles. The molecule has 0 heterocycles. The van der Waals surface area contributed by atoms with Crippen molar-refractivity contribution in [1.82, 2.24) is 5.32 Å². The standard InChI is InChI=1S/C18H16ClNO/c19-17-11-5-4-10-16(17)12-13-18(21)20-14-6-9-15-7-2-1-3-8-15/h1-5,7-8,10-11H,12-14H2,(H,20,21). The Kier molecular flexibility index (Phi) is 5.87. The Balaban J connectivity index is 1.74. The Bertz CT molecular complexity index is 656. The van der Waals surface area contributed by atoms with E-state index in [1.54, 1.807) is 0 Å². The maximum atomic E-state index is 11.7. The van der Waals surface area contributed by atoms with Gasteiger partial charge < -0.3 is 5.32 Å². The van der Waals surface area contributed by atoms with Crippen molar-refractivity contribution in [2.75, 3.05) is 6.54 Å². The summed E-state index contributed by atoms with van der Waals surface area (Å²) in [5, 5.41) is 3.49. The van der Waals surface area contributed by atoms with Crippen LogP contribution in [0.4, 0.5) is 0 Å². The van der Waals surface area contributed by atoms with E-state index in [9.17, 15) is 4.79 Å². The van der Waals surface area contributed by atoms with Crippen molar-refractivity contribution in [1.29, 1.82) is 0 Å². The maximum Gasteiger partial charge on any atom is 0.221 e. The first kappa shape index (κ1) is 15.2. The zero-order chi connectivity index (χ0) is 14.9. The molecule has 0 aliphatic heterocycles. The number of hydrogen-bond acceptors (Lipinski definition) is 1. The fourth-order valence-corrected chi connectivity index (χ4v) is 2.08. The van der Waals surface area contributed by atoms with Crippen molar-refractivity contribution in [2.45, 2.75) is 12.8 Å². The molecule has 3 heteroatoms. The van der Waals surface area contributed by atoms with Crippen molar-refractivity contribution < 1.29 is 4.79 Å². The number of benzene rings is 2. The van der Waals surface area contributed by atoms with Crippen molar-refractivity contribution in [3.63, 3.8) is 0 Å². The highest BCUT2D eigenvalue weighted by Crippen LogP contribution is 2.16. The van der Waals surface area contributed by atoms with E-state index in [-0.39, 0.29) is 5.91 Å². The molecule has 2 rings (SSSR count). The lowest BCUT2D eigenvalue weighted by molar-refractivity contribution is -0.120. The van der Waals surface area contributed by atoms with E-state index in [1.807, 2.05) is 54.6 Å². The molecule has 0 aromatic heterocycles. The van der Waals surface area contributed by atoms with Gasteiger partial charge in [0.05, 0.1) is 6.54 Å². The van der Waals surface area contributed by atoms with Gasteiger partial charge in [-0.05, 0) is 30.2 Å². The van der Waals surface area contributed by atoms with Gasteiger partial charge in [0.25, 0.3) is 0 Å². The van der Waals surface area contributed by atoms with Crippen LogP contribution >= 0.6 is 11.6 Å². The second-order valence-electron chi connectivity index (χ2n) is 4.54. The molecule has 0 bridgehead atoms. The summed E-state index contributed by atoms with van der Waals surface area (Å²) in [7, 11) is 0. The fourth-order valence-electron chi connectivity index (χ4n) is 1.85. The molecule has 0 saturated heterocycles. The third-order valence-electron chi connectivity index (χ3n) is 2.96. The van der Waals surface area contributed by atoms with Gasteiger partial charge in [0, 0.05) is 17.0 Å². The van der Waals surface area contributed by atoms with Crippen molar-refractivity contribution in [2.24, 2.45) is 0 Å². The number of amides is 1. The lowest BCUT2D eigenvalue weighted by Crippen LogP contribution is -2.23. The first-order valence-electron chi connectivity index (χ1n) is 6.80. The molecule has 2 nitrogen and oxygen atoms in total. The van der Waals surface area contributed by atoms with Crippen LogP contribution in [0.15, 0.2) is 54.6 Å². The average Bonchev–Trinajstić information content (AvgIpc) is 2.52. The van der Waals surface area contributed by atoms with Crippen LogP contribution in [-0.4, -0.2) is 12.5 Å². The molecule has 1 amide bonds.